The van der Waals surface area contributed by atoms with E-state index >= 15 is 0 Å². The van der Waals surface area contributed by atoms with Gasteiger partial charge >= 0.3 is 0 Å². The van der Waals surface area contributed by atoms with Crippen molar-refractivity contribution < 1.29 is 0 Å². The van der Waals surface area contributed by atoms with Crippen molar-refractivity contribution >= 4 is 0 Å². The summed E-state index contributed by atoms with van der Waals surface area (Å²) >= 11 is 0. The van der Waals surface area contributed by atoms with E-state index < -0.39 is 0 Å². The zero-order valence-corrected chi connectivity index (χ0v) is 13.6. The Hall–Kier alpha value is -0.860. The molecule has 2 heteroatoms. The maximum absolute atomic E-state index is 3.58. The molecule has 2 fully saturated rings. The molecule has 1 aliphatic carbocycles. The molecule has 3 rings (SSSR count). The third kappa shape index (κ3) is 4.55. The molecule has 0 spiro atoms. The fourth-order valence-corrected chi connectivity index (χ4v) is 3.35. The summed E-state index contributed by atoms with van der Waals surface area (Å²) in [6.45, 7) is 9.44. The van der Waals surface area contributed by atoms with Gasteiger partial charge in [0.15, 0.2) is 0 Å². The molecule has 2 aliphatic rings. The first kappa shape index (κ1) is 15.1. The molecule has 0 bridgehead atoms. The predicted molar refractivity (Wildman–Crippen MR) is 89.1 cm³/mol. The molecule has 0 atom stereocenters. The van der Waals surface area contributed by atoms with Gasteiger partial charge in [-0.3, -0.25) is 4.90 Å². The third-order valence-electron chi connectivity index (χ3n) is 5.18. The first-order valence-corrected chi connectivity index (χ1v) is 8.74. The largest absolute Gasteiger partial charge is 0.310 e. The zero-order chi connectivity index (χ0) is 14.7. The molecule has 1 heterocycles. The second-order valence-electron chi connectivity index (χ2n) is 7.33. The summed E-state index contributed by atoms with van der Waals surface area (Å²) in [5.41, 5.74) is 2.89. The number of hydrogen-bond donors (Lipinski definition) is 1. The lowest BCUT2D eigenvalue weighted by Gasteiger charge is -2.33. The van der Waals surface area contributed by atoms with Crippen LogP contribution >= 0.6 is 0 Å². The monoisotopic (exact) mass is 286 g/mol. The molecule has 1 saturated heterocycles. The summed E-state index contributed by atoms with van der Waals surface area (Å²) in [5.74, 6) is 1.79. The van der Waals surface area contributed by atoms with Crippen LogP contribution in [0.25, 0.3) is 0 Å². The topological polar surface area (TPSA) is 15.3 Å². The quantitative estimate of drug-likeness (QED) is 0.855. The van der Waals surface area contributed by atoms with E-state index in [9.17, 15) is 0 Å². The summed E-state index contributed by atoms with van der Waals surface area (Å²) in [4.78, 5) is 2.62. The maximum Gasteiger partial charge on any atom is 0.0233 e. The maximum atomic E-state index is 3.58. The predicted octanol–water partition coefficient (Wildman–Crippen LogP) is 3.81. The van der Waals surface area contributed by atoms with Crippen LogP contribution in [0.4, 0.5) is 0 Å². The summed E-state index contributed by atoms with van der Waals surface area (Å²) < 4.78 is 0. The Bertz CT molecular complexity index is 425. The van der Waals surface area contributed by atoms with E-state index in [1.165, 1.54) is 49.9 Å². The van der Waals surface area contributed by atoms with Crippen molar-refractivity contribution in [1.29, 1.82) is 0 Å². The molecule has 1 saturated carbocycles. The number of nitrogens with one attached hydrogen (secondary N) is 1. The van der Waals surface area contributed by atoms with Gasteiger partial charge in [-0.2, -0.15) is 0 Å². The highest BCUT2D eigenvalue weighted by molar-refractivity contribution is 5.22. The highest BCUT2D eigenvalue weighted by Crippen LogP contribution is 2.25. The van der Waals surface area contributed by atoms with Crippen LogP contribution in [0, 0.1) is 11.8 Å². The Kier molecular flexibility index (Phi) is 4.97. The fraction of sp³-hybridized carbons (Fsp3) is 0.684. The summed E-state index contributed by atoms with van der Waals surface area (Å²) in [7, 11) is 0. The van der Waals surface area contributed by atoms with Crippen LogP contribution in [0.5, 0.6) is 0 Å². The Balaban J connectivity index is 1.44. The number of rotatable bonds is 6. The van der Waals surface area contributed by atoms with Gasteiger partial charge in [0.25, 0.3) is 0 Å². The zero-order valence-electron chi connectivity index (χ0n) is 13.6. The van der Waals surface area contributed by atoms with E-state index in [0.717, 1.165) is 31.0 Å². The molecule has 2 nitrogen and oxygen atoms in total. The molecule has 1 aromatic rings. The van der Waals surface area contributed by atoms with Gasteiger partial charge < -0.3 is 5.32 Å². The van der Waals surface area contributed by atoms with Gasteiger partial charge in [-0.15, -0.1) is 0 Å². The van der Waals surface area contributed by atoms with Gasteiger partial charge in [0.2, 0.25) is 0 Å². The van der Waals surface area contributed by atoms with Crippen molar-refractivity contribution in [2.45, 2.75) is 58.7 Å². The van der Waals surface area contributed by atoms with E-state index in [4.69, 9.17) is 0 Å². The Morgan fingerprint density at radius 3 is 2.19 bits per heavy atom. The molecule has 116 valence electrons. The van der Waals surface area contributed by atoms with E-state index in [0.29, 0.717) is 0 Å². The van der Waals surface area contributed by atoms with Gasteiger partial charge in [-0.05, 0) is 61.7 Å². The SMILES string of the molecule is CC(C)C1CCN(Cc2ccc(CNC3CC3)cc2)CC1. The minimum Gasteiger partial charge on any atom is -0.310 e. The smallest absolute Gasteiger partial charge is 0.0233 e. The molecule has 0 aromatic heterocycles. The number of nitrogens with zero attached hydrogens (tertiary/aromatic N) is 1. The standard InChI is InChI=1S/C19H30N2/c1-15(2)18-9-11-21(12-10-18)14-17-5-3-16(4-6-17)13-20-19-7-8-19/h3-6,15,18-20H,7-14H2,1-2H3. The molecule has 1 aromatic carbocycles. The average molecular weight is 286 g/mol. The van der Waals surface area contributed by atoms with Crippen molar-refractivity contribution in [2.24, 2.45) is 11.8 Å². The van der Waals surface area contributed by atoms with Crippen LogP contribution in [0.1, 0.15) is 50.7 Å². The minimum absolute atomic E-state index is 0.798. The van der Waals surface area contributed by atoms with Crippen molar-refractivity contribution in [3.8, 4) is 0 Å². The third-order valence-corrected chi connectivity index (χ3v) is 5.18. The van der Waals surface area contributed by atoms with Crippen molar-refractivity contribution in [3.05, 3.63) is 35.4 Å². The van der Waals surface area contributed by atoms with Crippen LogP contribution in [0.3, 0.4) is 0 Å². The molecule has 1 aliphatic heterocycles. The van der Waals surface area contributed by atoms with Crippen LogP contribution < -0.4 is 5.32 Å². The second kappa shape index (κ2) is 6.93. The molecule has 1 N–H and O–H groups in total. The number of benzene rings is 1. The summed E-state index contributed by atoms with van der Waals surface area (Å²) in [5, 5.41) is 3.58. The fourth-order valence-electron chi connectivity index (χ4n) is 3.35. The van der Waals surface area contributed by atoms with E-state index in [1.54, 1.807) is 0 Å². The normalized spacial score (nSPS) is 21.1. The Morgan fingerprint density at radius 2 is 1.62 bits per heavy atom. The van der Waals surface area contributed by atoms with Crippen molar-refractivity contribution in [2.75, 3.05) is 13.1 Å². The van der Waals surface area contributed by atoms with Crippen molar-refractivity contribution in [3.63, 3.8) is 0 Å². The number of hydrogen-bond acceptors (Lipinski definition) is 2. The lowest BCUT2D eigenvalue weighted by molar-refractivity contribution is 0.152. The first-order chi connectivity index (χ1) is 10.2. The van der Waals surface area contributed by atoms with Gasteiger partial charge in [0, 0.05) is 19.1 Å². The average Bonchev–Trinajstić information content (AvgIpc) is 3.31. The molecule has 0 unspecified atom stereocenters. The summed E-state index contributed by atoms with van der Waals surface area (Å²) in [6.07, 6.45) is 5.48. The van der Waals surface area contributed by atoms with E-state index in [2.05, 4.69) is 48.3 Å². The number of piperidine rings is 1. The molecule has 0 radical (unpaired) electrons. The molecular formula is C19H30N2. The van der Waals surface area contributed by atoms with Gasteiger partial charge in [0.05, 0.1) is 0 Å². The van der Waals surface area contributed by atoms with Gasteiger partial charge in [-0.1, -0.05) is 38.1 Å². The van der Waals surface area contributed by atoms with Crippen LogP contribution in [0.2, 0.25) is 0 Å². The molecular weight excluding hydrogens is 256 g/mol. The highest BCUT2D eigenvalue weighted by atomic mass is 15.1. The first-order valence-electron chi connectivity index (χ1n) is 8.74. The molecule has 21 heavy (non-hydrogen) atoms. The lowest BCUT2D eigenvalue weighted by atomic mass is 9.86. The van der Waals surface area contributed by atoms with Crippen LogP contribution in [0.15, 0.2) is 24.3 Å². The Labute approximate surface area is 129 Å². The van der Waals surface area contributed by atoms with Crippen LogP contribution in [-0.2, 0) is 13.1 Å². The van der Waals surface area contributed by atoms with E-state index in [-0.39, 0.29) is 0 Å². The van der Waals surface area contributed by atoms with Gasteiger partial charge in [-0.25, -0.2) is 0 Å². The van der Waals surface area contributed by atoms with Gasteiger partial charge in [0.1, 0.15) is 0 Å². The Morgan fingerprint density at radius 1 is 1.00 bits per heavy atom. The minimum atomic E-state index is 0.798. The highest BCUT2D eigenvalue weighted by Gasteiger charge is 2.21. The van der Waals surface area contributed by atoms with E-state index in [1.807, 2.05) is 0 Å². The molecule has 0 amide bonds. The van der Waals surface area contributed by atoms with Crippen molar-refractivity contribution in [1.82, 2.24) is 10.2 Å². The van der Waals surface area contributed by atoms with Crippen LogP contribution in [-0.4, -0.2) is 24.0 Å². The second-order valence-corrected chi connectivity index (χ2v) is 7.33. The number of likely N-dealkylation sites (tertiary alicyclic amines) is 1. The lowest BCUT2D eigenvalue weighted by Crippen LogP contribution is -2.34. The summed E-state index contributed by atoms with van der Waals surface area (Å²) in [6, 6.07) is 10.0.